The van der Waals surface area contributed by atoms with Gasteiger partial charge in [-0.15, -0.1) is 11.3 Å². The van der Waals surface area contributed by atoms with E-state index in [1.807, 2.05) is 31.4 Å². The molecule has 10 heteroatoms. The number of aromatic nitrogens is 1. The van der Waals surface area contributed by atoms with E-state index in [1.165, 1.54) is 41.7 Å². The average molecular weight is 607 g/mol. The van der Waals surface area contributed by atoms with Crippen molar-refractivity contribution < 1.29 is 26.4 Å². The van der Waals surface area contributed by atoms with E-state index in [9.17, 15) is 26.4 Å². The van der Waals surface area contributed by atoms with Crippen molar-refractivity contribution in [3.05, 3.63) is 119 Å². The predicted octanol–water partition coefficient (Wildman–Crippen LogP) is 8.41. The number of rotatable bonds is 7. The SMILES string of the molecule is CC(C)c1ccc(S(=O)(=O)NC(=O)c2ccc(-c3csc(-c4ccc(-c5cccc(C(F)(F)F)c5)cc4)n3)cc2)cc1. The van der Waals surface area contributed by atoms with E-state index in [-0.39, 0.29) is 16.4 Å². The molecule has 0 aliphatic carbocycles. The Balaban J connectivity index is 1.27. The second kappa shape index (κ2) is 11.5. The lowest BCUT2D eigenvalue weighted by Gasteiger charge is -2.09. The van der Waals surface area contributed by atoms with Crippen molar-refractivity contribution in [2.24, 2.45) is 0 Å². The first-order chi connectivity index (χ1) is 19.9. The molecule has 1 amide bonds. The van der Waals surface area contributed by atoms with Gasteiger partial charge in [0.15, 0.2) is 0 Å². The highest BCUT2D eigenvalue weighted by Gasteiger charge is 2.30. The molecule has 0 radical (unpaired) electrons. The fourth-order valence-electron chi connectivity index (χ4n) is 4.28. The highest BCUT2D eigenvalue weighted by molar-refractivity contribution is 7.90. The molecule has 1 heterocycles. The second-order valence-electron chi connectivity index (χ2n) is 9.93. The zero-order chi connectivity index (χ0) is 30.1. The summed E-state index contributed by atoms with van der Waals surface area (Å²) in [6.07, 6.45) is -4.41. The van der Waals surface area contributed by atoms with Gasteiger partial charge in [-0.05, 0) is 59.0 Å². The summed E-state index contributed by atoms with van der Waals surface area (Å²) in [5, 5.41) is 2.58. The molecule has 4 aromatic carbocycles. The number of thiazole rings is 1. The number of carbonyl (C=O) groups is 1. The van der Waals surface area contributed by atoms with Gasteiger partial charge in [0.05, 0.1) is 16.2 Å². The number of hydrogen-bond donors (Lipinski definition) is 1. The van der Waals surface area contributed by atoms with Crippen molar-refractivity contribution in [1.29, 1.82) is 0 Å². The predicted molar refractivity (Wildman–Crippen MR) is 159 cm³/mol. The van der Waals surface area contributed by atoms with Crippen molar-refractivity contribution in [3.63, 3.8) is 0 Å². The van der Waals surface area contributed by atoms with E-state index < -0.39 is 27.7 Å². The molecule has 0 spiro atoms. The van der Waals surface area contributed by atoms with Crippen LogP contribution >= 0.6 is 11.3 Å². The Morgan fingerprint density at radius 1 is 0.810 bits per heavy atom. The van der Waals surface area contributed by atoms with Gasteiger partial charge < -0.3 is 0 Å². The normalized spacial score (nSPS) is 12.0. The highest BCUT2D eigenvalue weighted by atomic mass is 32.2. The van der Waals surface area contributed by atoms with Crippen molar-refractivity contribution in [3.8, 4) is 33.0 Å². The van der Waals surface area contributed by atoms with Crippen molar-refractivity contribution in [2.45, 2.75) is 30.8 Å². The van der Waals surface area contributed by atoms with Gasteiger partial charge in [-0.3, -0.25) is 4.79 Å². The van der Waals surface area contributed by atoms with Crippen LogP contribution in [0.25, 0.3) is 33.0 Å². The number of sulfonamides is 1. The van der Waals surface area contributed by atoms with E-state index in [4.69, 9.17) is 0 Å². The second-order valence-corrected chi connectivity index (χ2v) is 12.5. The topological polar surface area (TPSA) is 76.1 Å². The van der Waals surface area contributed by atoms with E-state index in [1.54, 1.807) is 42.5 Å². The zero-order valence-corrected chi connectivity index (χ0v) is 24.1. The average Bonchev–Trinajstić information content (AvgIpc) is 3.47. The number of nitrogens with one attached hydrogen (secondary N) is 1. The van der Waals surface area contributed by atoms with Crippen molar-refractivity contribution >= 4 is 27.3 Å². The molecule has 0 aliphatic heterocycles. The minimum absolute atomic E-state index is 0.00901. The number of halogens is 3. The maximum Gasteiger partial charge on any atom is 0.416 e. The van der Waals surface area contributed by atoms with Crippen LogP contribution in [0.2, 0.25) is 0 Å². The molecule has 0 saturated heterocycles. The number of benzene rings is 4. The lowest BCUT2D eigenvalue weighted by atomic mass is 10.0. The molecule has 214 valence electrons. The molecule has 0 atom stereocenters. The quantitative estimate of drug-likeness (QED) is 0.202. The van der Waals surface area contributed by atoms with Crippen LogP contribution in [0.3, 0.4) is 0 Å². The van der Waals surface area contributed by atoms with Crippen molar-refractivity contribution in [1.82, 2.24) is 9.71 Å². The minimum Gasteiger partial charge on any atom is -0.268 e. The zero-order valence-electron chi connectivity index (χ0n) is 22.5. The van der Waals surface area contributed by atoms with Gasteiger partial charge in [0.1, 0.15) is 5.01 Å². The summed E-state index contributed by atoms with van der Waals surface area (Å²) in [5.41, 5.74) is 3.82. The monoisotopic (exact) mass is 606 g/mol. The van der Waals surface area contributed by atoms with Crippen LogP contribution in [0.1, 0.15) is 41.3 Å². The first kappa shape index (κ1) is 29.2. The molecule has 1 N–H and O–H groups in total. The lowest BCUT2D eigenvalue weighted by molar-refractivity contribution is -0.137. The molecule has 1 aromatic heterocycles. The standard InChI is InChI=1S/C32H25F3N2O3S2/c1-20(2)21-14-16-28(17-15-21)42(39,40)37-30(38)24-10-8-23(9-11-24)29-19-41-31(36-29)25-12-6-22(7-13-25)26-4-3-5-27(18-26)32(33,34)35/h3-20H,1-2H3,(H,37,38). The first-order valence-electron chi connectivity index (χ1n) is 12.9. The molecule has 0 bridgehead atoms. The minimum atomic E-state index is -4.41. The number of carbonyl (C=O) groups excluding carboxylic acids is 1. The van der Waals surface area contributed by atoms with Crippen LogP contribution in [0.5, 0.6) is 0 Å². The fourth-order valence-corrected chi connectivity index (χ4v) is 6.09. The summed E-state index contributed by atoms with van der Waals surface area (Å²) in [6, 6.07) is 25.2. The molecular formula is C32H25F3N2O3S2. The van der Waals surface area contributed by atoms with E-state index >= 15 is 0 Å². The van der Waals surface area contributed by atoms with Gasteiger partial charge in [0.25, 0.3) is 15.9 Å². The van der Waals surface area contributed by atoms with Crippen LogP contribution in [-0.2, 0) is 16.2 Å². The van der Waals surface area contributed by atoms with E-state index in [0.717, 1.165) is 33.8 Å². The number of alkyl halides is 3. The molecule has 5 aromatic rings. The van der Waals surface area contributed by atoms with Crippen LogP contribution in [0.15, 0.2) is 107 Å². The Kier molecular flexibility index (Phi) is 8.03. The van der Waals surface area contributed by atoms with E-state index in [0.29, 0.717) is 16.8 Å². The Bertz CT molecular complexity index is 1830. The van der Waals surface area contributed by atoms with Crippen LogP contribution in [0, 0.1) is 0 Å². The summed E-state index contributed by atoms with van der Waals surface area (Å²) in [4.78, 5) is 17.4. The summed E-state index contributed by atoms with van der Waals surface area (Å²) in [6.45, 7) is 4.01. The third-order valence-corrected chi connectivity index (χ3v) is 8.92. The Morgan fingerprint density at radius 2 is 1.43 bits per heavy atom. The van der Waals surface area contributed by atoms with Crippen LogP contribution in [0.4, 0.5) is 13.2 Å². The summed E-state index contributed by atoms with van der Waals surface area (Å²) >= 11 is 1.41. The van der Waals surface area contributed by atoms with Gasteiger partial charge in [-0.1, -0.05) is 74.5 Å². The van der Waals surface area contributed by atoms with Gasteiger partial charge >= 0.3 is 6.18 Å². The molecular weight excluding hydrogens is 581 g/mol. The molecule has 42 heavy (non-hydrogen) atoms. The molecule has 0 saturated carbocycles. The molecule has 5 nitrogen and oxygen atoms in total. The van der Waals surface area contributed by atoms with Gasteiger partial charge in [-0.2, -0.15) is 13.2 Å². The van der Waals surface area contributed by atoms with Crippen LogP contribution < -0.4 is 4.72 Å². The Morgan fingerprint density at radius 3 is 2.05 bits per heavy atom. The third-order valence-electron chi connectivity index (χ3n) is 6.69. The first-order valence-corrected chi connectivity index (χ1v) is 15.3. The smallest absolute Gasteiger partial charge is 0.268 e. The van der Waals surface area contributed by atoms with Gasteiger partial charge in [-0.25, -0.2) is 18.1 Å². The van der Waals surface area contributed by atoms with Crippen LogP contribution in [-0.4, -0.2) is 19.3 Å². The highest BCUT2D eigenvalue weighted by Crippen LogP contribution is 2.34. The molecule has 0 unspecified atom stereocenters. The molecule has 0 aliphatic rings. The third kappa shape index (κ3) is 6.45. The Labute approximate surface area is 245 Å². The number of hydrogen-bond acceptors (Lipinski definition) is 5. The van der Waals surface area contributed by atoms with Gasteiger partial charge in [0.2, 0.25) is 0 Å². The number of nitrogens with zero attached hydrogens (tertiary/aromatic N) is 1. The van der Waals surface area contributed by atoms with Crippen molar-refractivity contribution in [2.75, 3.05) is 0 Å². The molecule has 0 fully saturated rings. The lowest BCUT2D eigenvalue weighted by Crippen LogP contribution is -2.30. The van der Waals surface area contributed by atoms with Gasteiger partial charge in [0, 0.05) is 22.1 Å². The summed E-state index contributed by atoms with van der Waals surface area (Å²) < 4.78 is 66.7. The maximum atomic E-state index is 13.1. The summed E-state index contributed by atoms with van der Waals surface area (Å²) in [7, 11) is -4.03. The summed E-state index contributed by atoms with van der Waals surface area (Å²) in [5.74, 6) is -0.489. The largest absolute Gasteiger partial charge is 0.416 e. The van der Waals surface area contributed by atoms with E-state index in [2.05, 4.69) is 9.71 Å². The molecule has 5 rings (SSSR count). The maximum absolute atomic E-state index is 13.1. The Hall–Kier alpha value is -4.28. The fraction of sp³-hybridized carbons (Fsp3) is 0.125. The number of amides is 1.